The molecule has 14 heavy (non-hydrogen) atoms. The van der Waals surface area contributed by atoms with Gasteiger partial charge in [-0.2, -0.15) is 11.8 Å². The Hall–Kier alpha value is 0.170. The fourth-order valence-electron chi connectivity index (χ4n) is 1.30. The molecule has 0 aromatic carbocycles. The summed E-state index contributed by atoms with van der Waals surface area (Å²) in [7, 11) is 0. The molecule has 0 saturated heterocycles. The summed E-state index contributed by atoms with van der Waals surface area (Å²) >= 11 is 3.81. The van der Waals surface area contributed by atoms with E-state index in [9.17, 15) is 0 Å². The van der Waals surface area contributed by atoms with Crippen molar-refractivity contribution in [3.63, 3.8) is 0 Å². The van der Waals surface area contributed by atoms with Crippen molar-refractivity contribution in [2.75, 3.05) is 19.3 Å². The molecule has 0 saturated carbocycles. The summed E-state index contributed by atoms with van der Waals surface area (Å²) in [5.74, 6) is 0. The summed E-state index contributed by atoms with van der Waals surface area (Å²) in [6.45, 7) is 6.52. The predicted octanol–water partition coefficient (Wildman–Crippen LogP) is 2.60. The molecule has 1 aliphatic heterocycles. The molecule has 2 nitrogen and oxygen atoms in total. The number of nitrogens with zero attached hydrogens (tertiary/aromatic N) is 1. The molecule has 0 fully saturated rings. The number of hydrogen-bond acceptors (Lipinski definition) is 4. The van der Waals surface area contributed by atoms with E-state index in [1.165, 1.54) is 12.8 Å². The van der Waals surface area contributed by atoms with E-state index in [0.717, 1.165) is 23.5 Å². The van der Waals surface area contributed by atoms with Gasteiger partial charge in [-0.3, -0.25) is 4.99 Å². The SMILES string of the molecule is CCCC1CN=C(NCC(C)SC)S1. The molecule has 2 unspecified atom stereocenters. The van der Waals surface area contributed by atoms with E-state index in [4.69, 9.17) is 0 Å². The maximum atomic E-state index is 4.50. The van der Waals surface area contributed by atoms with Crippen LogP contribution in [0.15, 0.2) is 4.99 Å². The van der Waals surface area contributed by atoms with Gasteiger partial charge in [-0.15, -0.1) is 0 Å². The van der Waals surface area contributed by atoms with Gasteiger partial charge in [-0.25, -0.2) is 0 Å². The minimum absolute atomic E-state index is 0.670. The number of amidine groups is 1. The van der Waals surface area contributed by atoms with E-state index in [2.05, 4.69) is 30.4 Å². The van der Waals surface area contributed by atoms with Crippen molar-refractivity contribution < 1.29 is 0 Å². The lowest BCUT2D eigenvalue weighted by molar-refractivity contribution is 0.753. The van der Waals surface area contributed by atoms with Gasteiger partial charge in [0.05, 0.1) is 6.54 Å². The van der Waals surface area contributed by atoms with Gasteiger partial charge in [0.15, 0.2) is 5.17 Å². The average Bonchev–Trinajstić information content (AvgIpc) is 2.63. The lowest BCUT2D eigenvalue weighted by Gasteiger charge is -2.11. The number of thioether (sulfide) groups is 2. The minimum Gasteiger partial charge on any atom is -0.364 e. The Bertz CT molecular complexity index is 195. The summed E-state index contributed by atoms with van der Waals surface area (Å²) in [5, 5.41) is 5.97. The second-order valence-corrected chi connectivity index (χ2v) is 6.17. The third kappa shape index (κ3) is 4.13. The van der Waals surface area contributed by atoms with Crippen LogP contribution in [0.4, 0.5) is 0 Å². The lowest BCUT2D eigenvalue weighted by atomic mass is 10.2. The zero-order valence-electron chi connectivity index (χ0n) is 9.25. The van der Waals surface area contributed by atoms with Gasteiger partial charge < -0.3 is 5.32 Å². The van der Waals surface area contributed by atoms with Crippen molar-refractivity contribution in [1.29, 1.82) is 0 Å². The maximum Gasteiger partial charge on any atom is 0.156 e. The fourth-order valence-corrected chi connectivity index (χ4v) is 2.69. The first kappa shape index (κ1) is 12.2. The first-order chi connectivity index (χ1) is 6.76. The van der Waals surface area contributed by atoms with Crippen molar-refractivity contribution >= 4 is 28.7 Å². The predicted molar refractivity (Wildman–Crippen MR) is 69.6 cm³/mol. The molecule has 0 spiro atoms. The molecule has 0 bridgehead atoms. The zero-order valence-corrected chi connectivity index (χ0v) is 10.9. The normalized spacial score (nSPS) is 23.4. The van der Waals surface area contributed by atoms with Crippen LogP contribution in [0.25, 0.3) is 0 Å². The Kier molecular flexibility index (Phi) is 5.78. The number of nitrogens with one attached hydrogen (secondary N) is 1. The van der Waals surface area contributed by atoms with Crippen LogP contribution in [0.3, 0.4) is 0 Å². The van der Waals surface area contributed by atoms with Crippen molar-refractivity contribution in [3.8, 4) is 0 Å². The summed E-state index contributed by atoms with van der Waals surface area (Å²) in [6, 6.07) is 0. The molecule has 1 N–H and O–H groups in total. The molecule has 82 valence electrons. The van der Waals surface area contributed by atoms with E-state index in [-0.39, 0.29) is 0 Å². The molecule has 2 atom stereocenters. The number of hydrogen-bond donors (Lipinski definition) is 1. The Balaban J connectivity index is 2.15. The minimum atomic E-state index is 0.670. The standard InChI is InChI=1S/C10H20N2S2/c1-4-5-9-7-12-10(14-9)11-6-8(2)13-3/h8-9H,4-7H2,1-3H3,(H,11,12). The molecule has 0 aromatic rings. The Labute approximate surface area is 95.7 Å². The van der Waals surface area contributed by atoms with Crippen LogP contribution < -0.4 is 5.32 Å². The Morgan fingerprint density at radius 3 is 3.14 bits per heavy atom. The third-order valence-electron chi connectivity index (χ3n) is 2.27. The second kappa shape index (κ2) is 6.62. The molecule has 1 rings (SSSR count). The van der Waals surface area contributed by atoms with Gasteiger partial charge in [-0.1, -0.05) is 32.0 Å². The van der Waals surface area contributed by atoms with Gasteiger partial charge in [0, 0.05) is 17.0 Å². The monoisotopic (exact) mass is 232 g/mol. The topological polar surface area (TPSA) is 24.4 Å². The van der Waals surface area contributed by atoms with Crippen LogP contribution >= 0.6 is 23.5 Å². The highest BCUT2D eigenvalue weighted by Crippen LogP contribution is 2.23. The average molecular weight is 232 g/mol. The van der Waals surface area contributed by atoms with Crippen molar-refractivity contribution in [2.45, 2.75) is 37.2 Å². The molecular weight excluding hydrogens is 212 g/mol. The molecule has 0 aromatic heterocycles. The van der Waals surface area contributed by atoms with Crippen LogP contribution in [0.2, 0.25) is 0 Å². The van der Waals surface area contributed by atoms with Crippen molar-refractivity contribution in [3.05, 3.63) is 0 Å². The molecule has 4 heteroatoms. The third-order valence-corrected chi connectivity index (χ3v) is 4.46. The quantitative estimate of drug-likeness (QED) is 0.788. The van der Waals surface area contributed by atoms with Crippen LogP contribution in [-0.2, 0) is 0 Å². The highest BCUT2D eigenvalue weighted by atomic mass is 32.2. The van der Waals surface area contributed by atoms with Crippen molar-refractivity contribution in [2.24, 2.45) is 4.99 Å². The van der Waals surface area contributed by atoms with E-state index in [1.807, 2.05) is 23.5 Å². The highest BCUT2D eigenvalue weighted by Gasteiger charge is 2.18. The van der Waals surface area contributed by atoms with E-state index < -0.39 is 0 Å². The van der Waals surface area contributed by atoms with Crippen LogP contribution in [0.1, 0.15) is 26.7 Å². The van der Waals surface area contributed by atoms with E-state index >= 15 is 0 Å². The van der Waals surface area contributed by atoms with Gasteiger partial charge in [0.25, 0.3) is 0 Å². The highest BCUT2D eigenvalue weighted by molar-refractivity contribution is 8.14. The van der Waals surface area contributed by atoms with Gasteiger partial charge in [0.2, 0.25) is 0 Å². The molecule has 0 radical (unpaired) electrons. The van der Waals surface area contributed by atoms with E-state index in [0.29, 0.717) is 5.25 Å². The van der Waals surface area contributed by atoms with Crippen LogP contribution in [0.5, 0.6) is 0 Å². The summed E-state index contributed by atoms with van der Waals surface area (Å²) in [5.41, 5.74) is 0. The van der Waals surface area contributed by atoms with Gasteiger partial charge in [0.1, 0.15) is 0 Å². The van der Waals surface area contributed by atoms with Gasteiger partial charge in [-0.05, 0) is 12.7 Å². The molecular formula is C10H20N2S2. The summed E-state index contributed by atoms with van der Waals surface area (Å²) < 4.78 is 0. The summed E-state index contributed by atoms with van der Waals surface area (Å²) in [4.78, 5) is 4.50. The first-order valence-corrected chi connectivity index (χ1v) is 7.40. The Morgan fingerprint density at radius 1 is 1.71 bits per heavy atom. The smallest absolute Gasteiger partial charge is 0.156 e. The molecule has 1 heterocycles. The van der Waals surface area contributed by atoms with Crippen molar-refractivity contribution in [1.82, 2.24) is 5.32 Å². The maximum absolute atomic E-state index is 4.50. The second-order valence-electron chi connectivity index (χ2n) is 3.60. The molecule has 0 aliphatic carbocycles. The fraction of sp³-hybridized carbons (Fsp3) is 0.900. The van der Waals surface area contributed by atoms with Gasteiger partial charge >= 0.3 is 0 Å². The summed E-state index contributed by atoms with van der Waals surface area (Å²) in [6.07, 6.45) is 4.70. The number of aliphatic imine (C=N–C) groups is 1. The van der Waals surface area contributed by atoms with E-state index in [1.54, 1.807) is 0 Å². The van der Waals surface area contributed by atoms with Crippen LogP contribution in [0, 0.1) is 0 Å². The largest absolute Gasteiger partial charge is 0.364 e. The zero-order chi connectivity index (χ0) is 10.4. The number of rotatable bonds is 5. The Morgan fingerprint density at radius 2 is 2.50 bits per heavy atom. The molecule has 0 amide bonds. The molecule has 1 aliphatic rings. The lowest BCUT2D eigenvalue weighted by Crippen LogP contribution is -2.26. The first-order valence-electron chi connectivity index (χ1n) is 5.24. The van der Waals surface area contributed by atoms with Crippen LogP contribution in [-0.4, -0.2) is 35.0 Å².